The molecule has 1 heterocycles. The Kier molecular flexibility index (Phi) is 3.03. The number of carbonyl (C=O) groups excluding carboxylic acids is 1. The predicted molar refractivity (Wildman–Crippen MR) is 43.9 cm³/mol. The number of pyridine rings is 1. The Labute approximate surface area is 80.9 Å². The Morgan fingerprint density at radius 2 is 2.29 bits per heavy atom. The molecule has 0 amide bonds. The van der Waals surface area contributed by atoms with E-state index in [1.807, 2.05) is 0 Å². The van der Waals surface area contributed by atoms with Gasteiger partial charge in [-0.3, -0.25) is 0 Å². The Hall–Kier alpha value is -1.62. The SMILES string of the molecule is C[C@@H](C(=O)[O-])[n+]1cc(O)ccc1CO. The third-order valence-electron chi connectivity index (χ3n) is 1.97. The number of aromatic hydroxyl groups is 1. The van der Waals surface area contributed by atoms with Gasteiger partial charge in [0.1, 0.15) is 12.6 Å². The van der Waals surface area contributed by atoms with Gasteiger partial charge >= 0.3 is 0 Å². The molecule has 5 heteroatoms. The van der Waals surface area contributed by atoms with Crippen LogP contribution in [0.2, 0.25) is 0 Å². The molecule has 0 aliphatic rings. The molecule has 1 aromatic heterocycles. The predicted octanol–water partition coefficient (Wildman–Crippen LogP) is -1.52. The topological polar surface area (TPSA) is 84.5 Å². The fourth-order valence-electron chi connectivity index (χ4n) is 1.14. The summed E-state index contributed by atoms with van der Waals surface area (Å²) in [7, 11) is 0. The molecule has 0 aromatic carbocycles. The first-order chi connectivity index (χ1) is 6.56. The van der Waals surface area contributed by atoms with Crippen LogP contribution in [0.5, 0.6) is 5.75 Å². The molecule has 1 rings (SSSR count). The molecule has 0 aliphatic heterocycles. The van der Waals surface area contributed by atoms with Gasteiger partial charge in [0.2, 0.25) is 11.9 Å². The van der Waals surface area contributed by atoms with Crippen LogP contribution in [0.15, 0.2) is 18.3 Å². The van der Waals surface area contributed by atoms with E-state index in [-0.39, 0.29) is 12.4 Å². The zero-order valence-corrected chi connectivity index (χ0v) is 7.67. The number of aliphatic hydroxyl groups excluding tert-OH is 1. The van der Waals surface area contributed by atoms with Crippen molar-refractivity contribution >= 4 is 5.97 Å². The van der Waals surface area contributed by atoms with Gasteiger partial charge in [-0.25, -0.2) is 0 Å². The number of rotatable bonds is 3. The lowest BCUT2D eigenvalue weighted by atomic mass is 10.2. The molecule has 76 valence electrons. The molecule has 2 N–H and O–H groups in total. The summed E-state index contributed by atoms with van der Waals surface area (Å²) in [5, 5.41) is 28.7. The first-order valence-corrected chi connectivity index (χ1v) is 4.11. The van der Waals surface area contributed by atoms with Gasteiger partial charge in [-0.1, -0.05) is 0 Å². The quantitative estimate of drug-likeness (QED) is 0.576. The molecule has 14 heavy (non-hydrogen) atoms. The van der Waals surface area contributed by atoms with Crippen molar-refractivity contribution < 1.29 is 24.7 Å². The maximum atomic E-state index is 10.6. The van der Waals surface area contributed by atoms with Crippen LogP contribution in [-0.2, 0) is 11.4 Å². The first-order valence-electron chi connectivity index (χ1n) is 4.11. The number of carboxylic acid groups (broad SMARTS) is 1. The normalized spacial score (nSPS) is 12.4. The summed E-state index contributed by atoms with van der Waals surface area (Å²) in [6.07, 6.45) is 1.24. The molecule has 0 aliphatic carbocycles. The van der Waals surface area contributed by atoms with E-state index in [1.165, 1.54) is 29.8 Å². The van der Waals surface area contributed by atoms with E-state index in [2.05, 4.69) is 0 Å². The number of aromatic nitrogens is 1. The Morgan fingerprint density at radius 3 is 2.79 bits per heavy atom. The molecule has 0 saturated carbocycles. The molecular formula is C9H11NO4. The molecule has 0 unspecified atom stereocenters. The van der Waals surface area contributed by atoms with Crippen molar-refractivity contribution in [2.75, 3.05) is 0 Å². The van der Waals surface area contributed by atoms with Crippen molar-refractivity contribution in [3.63, 3.8) is 0 Å². The van der Waals surface area contributed by atoms with Crippen LogP contribution >= 0.6 is 0 Å². The Morgan fingerprint density at radius 1 is 1.64 bits per heavy atom. The summed E-state index contributed by atoms with van der Waals surface area (Å²) in [4.78, 5) is 10.6. The van der Waals surface area contributed by atoms with Crippen LogP contribution in [-0.4, -0.2) is 16.2 Å². The number of aliphatic carboxylic acids is 1. The molecule has 0 spiro atoms. The van der Waals surface area contributed by atoms with Crippen molar-refractivity contribution in [2.45, 2.75) is 19.6 Å². The summed E-state index contributed by atoms with van der Waals surface area (Å²) < 4.78 is 1.25. The lowest BCUT2D eigenvalue weighted by Crippen LogP contribution is -2.50. The molecule has 0 saturated heterocycles. The number of carbonyl (C=O) groups is 1. The number of carboxylic acids is 1. The third kappa shape index (κ3) is 2.00. The first kappa shape index (κ1) is 10.5. The number of hydrogen-bond acceptors (Lipinski definition) is 4. The lowest BCUT2D eigenvalue weighted by molar-refractivity contribution is -0.721. The van der Waals surface area contributed by atoms with E-state index in [4.69, 9.17) is 10.2 Å². The maximum absolute atomic E-state index is 10.6. The largest absolute Gasteiger partial charge is 0.543 e. The molecule has 0 fully saturated rings. The van der Waals surface area contributed by atoms with Gasteiger partial charge < -0.3 is 20.1 Å². The minimum Gasteiger partial charge on any atom is -0.543 e. The Bertz CT molecular complexity index is 351. The molecule has 1 atom stereocenters. The molecule has 5 nitrogen and oxygen atoms in total. The van der Waals surface area contributed by atoms with Crippen LogP contribution in [0.3, 0.4) is 0 Å². The van der Waals surface area contributed by atoms with E-state index >= 15 is 0 Å². The smallest absolute Gasteiger partial charge is 0.211 e. The van der Waals surface area contributed by atoms with Crippen LogP contribution in [0.1, 0.15) is 18.7 Å². The highest BCUT2D eigenvalue weighted by Gasteiger charge is 2.19. The number of aliphatic hydroxyl groups is 1. The van der Waals surface area contributed by atoms with Crippen molar-refractivity contribution in [3.05, 3.63) is 24.0 Å². The average molecular weight is 197 g/mol. The van der Waals surface area contributed by atoms with Gasteiger partial charge in [-0.05, 0) is 6.07 Å². The highest BCUT2D eigenvalue weighted by molar-refractivity contribution is 5.66. The second-order valence-corrected chi connectivity index (χ2v) is 2.94. The van der Waals surface area contributed by atoms with Crippen molar-refractivity contribution in [1.82, 2.24) is 0 Å². The Balaban J connectivity index is 3.16. The fourth-order valence-corrected chi connectivity index (χ4v) is 1.14. The van der Waals surface area contributed by atoms with Crippen molar-refractivity contribution in [1.29, 1.82) is 0 Å². The monoisotopic (exact) mass is 197 g/mol. The zero-order chi connectivity index (χ0) is 10.7. The van der Waals surface area contributed by atoms with Crippen LogP contribution < -0.4 is 9.67 Å². The molecule has 0 radical (unpaired) electrons. The highest BCUT2D eigenvalue weighted by atomic mass is 16.4. The van der Waals surface area contributed by atoms with Gasteiger partial charge in [0.25, 0.3) is 0 Å². The van der Waals surface area contributed by atoms with E-state index in [0.29, 0.717) is 5.69 Å². The van der Waals surface area contributed by atoms with Crippen LogP contribution in [0, 0.1) is 0 Å². The van der Waals surface area contributed by atoms with Gasteiger partial charge in [-0.2, -0.15) is 4.57 Å². The lowest BCUT2D eigenvalue weighted by Gasteiger charge is -2.10. The molecule has 1 aromatic rings. The van der Waals surface area contributed by atoms with Crippen molar-refractivity contribution in [2.24, 2.45) is 0 Å². The summed E-state index contributed by atoms with van der Waals surface area (Å²) in [5.41, 5.74) is 0.402. The minimum absolute atomic E-state index is 0.0599. The summed E-state index contributed by atoms with van der Waals surface area (Å²) in [5.74, 6) is -1.33. The van der Waals surface area contributed by atoms with Crippen molar-refractivity contribution in [3.8, 4) is 5.75 Å². The van der Waals surface area contributed by atoms with E-state index in [9.17, 15) is 9.90 Å². The second-order valence-electron chi connectivity index (χ2n) is 2.94. The van der Waals surface area contributed by atoms with Gasteiger partial charge in [0.05, 0.1) is 0 Å². The third-order valence-corrected chi connectivity index (χ3v) is 1.97. The summed E-state index contributed by atoms with van der Waals surface area (Å²) in [6, 6.07) is 1.91. The summed E-state index contributed by atoms with van der Waals surface area (Å²) >= 11 is 0. The van der Waals surface area contributed by atoms with E-state index in [0.717, 1.165) is 0 Å². The highest BCUT2D eigenvalue weighted by Crippen LogP contribution is 2.07. The van der Waals surface area contributed by atoms with Crippen LogP contribution in [0.25, 0.3) is 0 Å². The molecule has 0 bridgehead atoms. The maximum Gasteiger partial charge on any atom is 0.211 e. The molecular weight excluding hydrogens is 186 g/mol. The number of nitrogens with zero attached hydrogens (tertiary/aromatic N) is 1. The van der Waals surface area contributed by atoms with Gasteiger partial charge in [0, 0.05) is 13.0 Å². The van der Waals surface area contributed by atoms with Crippen LogP contribution in [0.4, 0.5) is 0 Å². The van der Waals surface area contributed by atoms with Gasteiger partial charge in [0.15, 0.2) is 11.8 Å². The standard InChI is InChI=1S/C9H11NO4/c1-6(9(13)14)10-4-8(12)3-2-7(10)5-11/h2-4,6,11H,5H2,1H3,(H-,12,13,14)/t6-/m0/s1. The minimum atomic E-state index is -1.27. The zero-order valence-electron chi connectivity index (χ0n) is 7.67. The number of hydrogen-bond donors (Lipinski definition) is 2. The second kappa shape index (κ2) is 4.06. The van der Waals surface area contributed by atoms with E-state index < -0.39 is 12.0 Å². The van der Waals surface area contributed by atoms with E-state index in [1.54, 1.807) is 0 Å². The van der Waals surface area contributed by atoms with Gasteiger partial charge in [-0.15, -0.1) is 0 Å². The fraction of sp³-hybridized carbons (Fsp3) is 0.333. The summed E-state index contributed by atoms with van der Waals surface area (Å²) in [6.45, 7) is 1.12. The average Bonchev–Trinajstić information content (AvgIpc) is 2.16.